The maximum absolute atomic E-state index is 13.3. The topological polar surface area (TPSA) is 21.3 Å². The lowest BCUT2D eigenvalue weighted by atomic mass is 10.3. The Morgan fingerprint density at radius 1 is 1.64 bits per heavy atom. The van der Waals surface area contributed by atoms with Crippen LogP contribution in [0.15, 0.2) is 18.2 Å². The van der Waals surface area contributed by atoms with Gasteiger partial charge in [0.15, 0.2) is 11.6 Å². The molecule has 0 saturated heterocycles. The highest BCUT2D eigenvalue weighted by molar-refractivity contribution is 8.11. The molecule has 1 rings (SSSR count). The molecule has 0 atom stereocenters. The fraction of sp³-hybridized carbons (Fsp3) is 0.222. The first-order valence-corrected chi connectivity index (χ1v) is 4.91. The van der Waals surface area contributed by atoms with Gasteiger partial charge in [-0.2, -0.15) is 0 Å². The van der Waals surface area contributed by atoms with E-state index >= 15 is 0 Å². The largest absolute Gasteiger partial charge is 0.491 e. The Morgan fingerprint density at radius 3 is 2.86 bits per heavy atom. The second-order valence-electron chi connectivity index (χ2n) is 2.51. The van der Waals surface area contributed by atoms with Crippen molar-refractivity contribution in [2.24, 2.45) is 0 Å². The van der Waals surface area contributed by atoms with E-state index in [9.17, 15) is 4.39 Å². The van der Waals surface area contributed by atoms with E-state index in [1.165, 1.54) is 6.07 Å². The van der Waals surface area contributed by atoms with Crippen molar-refractivity contribution in [3.63, 3.8) is 0 Å². The fourth-order valence-corrected chi connectivity index (χ4v) is 1.22. The van der Waals surface area contributed by atoms with E-state index < -0.39 is 5.82 Å². The van der Waals surface area contributed by atoms with Crippen molar-refractivity contribution in [2.75, 3.05) is 11.9 Å². The number of hydrogen-bond acceptors (Lipinski definition) is 2. The van der Waals surface area contributed by atoms with Crippen molar-refractivity contribution in [2.45, 2.75) is 6.92 Å². The molecule has 5 heteroatoms. The zero-order chi connectivity index (χ0) is 10.6. The number of thiocarbonyl (C=S) groups is 1. The molecular weight excluding hydrogens is 221 g/mol. The number of hydrogen-bond donors (Lipinski definition) is 2. The molecule has 0 saturated carbocycles. The van der Waals surface area contributed by atoms with Gasteiger partial charge in [0.1, 0.15) is 4.32 Å². The molecule has 0 bridgehead atoms. The summed E-state index contributed by atoms with van der Waals surface area (Å²) in [6.07, 6.45) is 0. The van der Waals surface area contributed by atoms with Gasteiger partial charge >= 0.3 is 0 Å². The van der Waals surface area contributed by atoms with Crippen LogP contribution in [0.2, 0.25) is 0 Å². The minimum absolute atomic E-state index is 0.239. The summed E-state index contributed by atoms with van der Waals surface area (Å²) < 4.78 is 18.6. The summed E-state index contributed by atoms with van der Waals surface area (Å²) in [4.78, 5) is 0. The number of anilines is 1. The van der Waals surface area contributed by atoms with Crippen molar-refractivity contribution in [1.82, 2.24) is 0 Å². The zero-order valence-electron chi connectivity index (χ0n) is 7.58. The Hall–Kier alpha value is -0.810. The van der Waals surface area contributed by atoms with E-state index in [2.05, 4.69) is 17.9 Å². The first-order valence-electron chi connectivity index (χ1n) is 4.05. The van der Waals surface area contributed by atoms with Crippen molar-refractivity contribution in [1.29, 1.82) is 0 Å². The Bertz CT molecular complexity index is 344. The molecule has 76 valence electrons. The van der Waals surface area contributed by atoms with E-state index in [1.807, 2.05) is 0 Å². The molecule has 0 spiro atoms. The minimum atomic E-state index is -0.415. The summed E-state index contributed by atoms with van der Waals surface area (Å²) in [6, 6.07) is 4.54. The molecule has 1 aromatic rings. The number of halogens is 1. The Morgan fingerprint density at radius 2 is 2.36 bits per heavy atom. The molecule has 1 N–H and O–H groups in total. The molecule has 0 amide bonds. The highest BCUT2D eigenvalue weighted by Crippen LogP contribution is 2.21. The molecule has 2 nitrogen and oxygen atoms in total. The quantitative estimate of drug-likeness (QED) is 0.617. The van der Waals surface area contributed by atoms with Crippen molar-refractivity contribution < 1.29 is 9.13 Å². The van der Waals surface area contributed by atoms with Crippen molar-refractivity contribution >= 4 is 34.9 Å². The highest BCUT2D eigenvalue weighted by Gasteiger charge is 2.03. The normalized spacial score (nSPS) is 9.64. The monoisotopic (exact) mass is 231 g/mol. The van der Waals surface area contributed by atoms with Crippen LogP contribution < -0.4 is 10.1 Å². The molecule has 1 aromatic carbocycles. The van der Waals surface area contributed by atoms with E-state index in [-0.39, 0.29) is 5.75 Å². The number of benzene rings is 1. The molecule has 0 heterocycles. The van der Waals surface area contributed by atoms with Gasteiger partial charge in [0.05, 0.1) is 6.61 Å². The molecule has 0 aliphatic rings. The summed E-state index contributed by atoms with van der Waals surface area (Å²) in [5.41, 5.74) is 0.561. The predicted octanol–water partition coefficient (Wildman–Crippen LogP) is 2.85. The van der Waals surface area contributed by atoms with Gasteiger partial charge in [-0.25, -0.2) is 4.39 Å². The van der Waals surface area contributed by atoms with Crippen LogP contribution in [0.3, 0.4) is 0 Å². The highest BCUT2D eigenvalue weighted by atomic mass is 32.1. The lowest BCUT2D eigenvalue weighted by molar-refractivity contribution is 0.321. The SMILES string of the molecule is CCOc1ccc(NC(=S)S)cc1F. The van der Waals surface area contributed by atoms with Crippen LogP contribution in [0.1, 0.15) is 6.92 Å². The first kappa shape index (κ1) is 11.3. The van der Waals surface area contributed by atoms with Gasteiger partial charge in [-0.1, -0.05) is 12.2 Å². The van der Waals surface area contributed by atoms with E-state index in [0.29, 0.717) is 16.6 Å². The van der Waals surface area contributed by atoms with Gasteiger partial charge in [-0.15, -0.1) is 12.6 Å². The van der Waals surface area contributed by atoms with Crippen LogP contribution in [0.4, 0.5) is 10.1 Å². The molecule has 0 fully saturated rings. The Balaban J connectivity index is 2.83. The third-order valence-corrected chi connectivity index (χ3v) is 1.70. The zero-order valence-corrected chi connectivity index (χ0v) is 9.29. The lowest BCUT2D eigenvalue weighted by Crippen LogP contribution is -2.02. The summed E-state index contributed by atoms with van der Waals surface area (Å²) >= 11 is 8.58. The van der Waals surface area contributed by atoms with Gasteiger partial charge in [-0.3, -0.25) is 0 Å². The Kier molecular flexibility index (Phi) is 4.16. The predicted molar refractivity (Wildman–Crippen MR) is 62.8 cm³/mol. The molecule has 0 radical (unpaired) electrons. The van der Waals surface area contributed by atoms with Crippen LogP contribution >= 0.6 is 24.8 Å². The fourth-order valence-electron chi connectivity index (χ4n) is 0.975. The van der Waals surface area contributed by atoms with Crippen molar-refractivity contribution in [3.8, 4) is 5.75 Å². The van der Waals surface area contributed by atoms with Crippen molar-refractivity contribution in [3.05, 3.63) is 24.0 Å². The maximum Gasteiger partial charge on any atom is 0.167 e. The third kappa shape index (κ3) is 3.16. The molecule has 0 aliphatic heterocycles. The summed E-state index contributed by atoms with van der Waals surface area (Å²) in [6.45, 7) is 2.24. The van der Waals surface area contributed by atoms with Crippen LogP contribution in [-0.2, 0) is 0 Å². The number of thiol groups is 1. The lowest BCUT2D eigenvalue weighted by Gasteiger charge is -2.07. The van der Waals surface area contributed by atoms with Gasteiger partial charge in [0.2, 0.25) is 0 Å². The van der Waals surface area contributed by atoms with Gasteiger partial charge in [0.25, 0.3) is 0 Å². The van der Waals surface area contributed by atoms with Gasteiger partial charge < -0.3 is 10.1 Å². The summed E-state index contributed by atoms with van der Waals surface area (Å²) in [7, 11) is 0. The Labute approximate surface area is 92.9 Å². The van der Waals surface area contributed by atoms with Crippen LogP contribution in [0.5, 0.6) is 5.75 Å². The van der Waals surface area contributed by atoms with Gasteiger partial charge in [0, 0.05) is 11.8 Å². The minimum Gasteiger partial charge on any atom is -0.491 e. The smallest absolute Gasteiger partial charge is 0.167 e. The molecule has 14 heavy (non-hydrogen) atoms. The first-order chi connectivity index (χ1) is 6.63. The van der Waals surface area contributed by atoms with E-state index in [4.69, 9.17) is 17.0 Å². The summed E-state index contributed by atoms with van der Waals surface area (Å²) in [5.74, 6) is -0.176. The molecule has 0 aliphatic carbocycles. The molecular formula is C9H10FNOS2. The number of ether oxygens (including phenoxy) is 1. The van der Waals surface area contributed by atoms with Crippen LogP contribution in [-0.4, -0.2) is 10.9 Å². The van der Waals surface area contributed by atoms with E-state index in [1.54, 1.807) is 19.1 Å². The molecule has 0 aromatic heterocycles. The second-order valence-corrected chi connectivity index (χ2v) is 3.67. The average Bonchev–Trinajstić information content (AvgIpc) is 2.09. The third-order valence-electron chi connectivity index (χ3n) is 1.48. The molecule has 0 unspecified atom stereocenters. The number of rotatable bonds is 3. The standard InChI is InChI=1S/C9H10FNOS2/c1-2-12-8-4-3-6(5-7(8)10)11-9(13)14/h3-5H,2H2,1H3,(H2,11,13,14). The van der Waals surface area contributed by atoms with Crippen LogP contribution in [0, 0.1) is 5.82 Å². The second kappa shape index (κ2) is 5.17. The maximum atomic E-state index is 13.3. The summed E-state index contributed by atoms with van der Waals surface area (Å²) in [5, 5.41) is 2.72. The number of nitrogens with one attached hydrogen (secondary N) is 1. The van der Waals surface area contributed by atoms with Gasteiger partial charge in [-0.05, 0) is 19.1 Å². The van der Waals surface area contributed by atoms with E-state index in [0.717, 1.165) is 0 Å². The average molecular weight is 231 g/mol. The van der Waals surface area contributed by atoms with Crippen LogP contribution in [0.25, 0.3) is 0 Å².